The van der Waals surface area contributed by atoms with Gasteiger partial charge in [-0.15, -0.1) is 0 Å². The van der Waals surface area contributed by atoms with Gasteiger partial charge in [0.2, 0.25) is 0 Å². The molecule has 0 saturated heterocycles. The minimum absolute atomic E-state index is 0.223. The molecule has 5 heteroatoms. The van der Waals surface area contributed by atoms with Gasteiger partial charge in [-0.05, 0) is 37.9 Å². The van der Waals surface area contributed by atoms with E-state index in [1.54, 1.807) is 25.3 Å². The second-order valence-corrected chi connectivity index (χ2v) is 5.49. The molecule has 0 radical (unpaired) electrons. The fraction of sp³-hybridized carbons (Fsp3) is 0.562. The maximum Gasteiger partial charge on any atom is 0.162 e. The Morgan fingerprint density at radius 1 is 1.43 bits per heavy atom. The lowest BCUT2D eigenvalue weighted by atomic mass is 10.2. The molecule has 1 aliphatic carbocycles. The molecular formula is C16H22N2O3. The van der Waals surface area contributed by atoms with Gasteiger partial charge in [0.1, 0.15) is 6.61 Å². The lowest BCUT2D eigenvalue weighted by Crippen LogP contribution is -2.33. The average molecular weight is 290 g/mol. The molecule has 0 heterocycles. The second kappa shape index (κ2) is 7.30. The number of aliphatic hydroxyl groups is 1. The van der Waals surface area contributed by atoms with Crippen LogP contribution in [-0.4, -0.2) is 50.0 Å². The van der Waals surface area contributed by atoms with E-state index in [4.69, 9.17) is 14.7 Å². The number of nitriles is 1. The SMILES string of the molecule is COc1cc(C#N)ccc1OCCN(C)CC(O)C1CC1. The number of ether oxygens (including phenoxy) is 2. The molecule has 1 fully saturated rings. The van der Waals surface area contributed by atoms with E-state index in [0.29, 0.717) is 36.1 Å². The molecule has 0 aliphatic heterocycles. The van der Waals surface area contributed by atoms with Crippen LogP contribution >= 0.6 is 0 Å². The summed E-state index contributed by atoms with van der Waals surface area (Å²) in [5.41, 5.74) is 0.545. The summed E-state index contributed by atoms with van der Waals surface area (Å²) in [4.78, 5) is 2.07. The van der Waals surface area contributed by atoms with E-state index in [2.05, 4.69) is 11.0 Å². The molecule has 1 aromatic rings. The van der Waals surface area contributed by atoms with Crippen molar-refractivity contribution in [3.63, 3.8) is 0 Å². The Morgan fingerprint density at radius 2 is 2.19 bits per heavy atom. The van der Waals surface area contributed by atoms with Crippen LogP contribution < -0.4 is 9.47 Å². The van der Waals surface area contributed by atoms with Gasteiger partial charge in [-0.1, -0.05) is 0 Å². The van der Waals surface area contributed by atoms with Crippen molar-refractivity contribution in [1.82, 2.24) is 4.90 Å². The van der Waals surface area contributed by atoms with E-state index in [1.807, 2.05) is 7.05 Å². The highest BCUT2D eigenvalue weighted by atomic mass is 16.5. The predicted molar refractivity (Wildman–Crippen MR) is 79.4 cm³/mol. The fourth-order valence-electron chi connectivity index (χ4n) is 2.21. The van der Waals surface area contributed by atoms with Gasteiger partial charge < -0.3 is 19.5 Å². The average Bonchev–Trinajstić information content (AvgIpc) is 3.32. The van der Waals surface area contributed by atoms with Crippen LogP contribution in [0, 0.1) is 17.2 Å². The van der Waals surface area contributed by atoms with Gasteiger partial charge in [0.05, 0.1) is 24.8 Å². The third kappa shape index (κ3) is 4.62. The lowest BCUT2D eigenvalue weighted by Gasteiger charge is -2.20. The summed E-state index contributed by atoms with van der Waals surface area (Å²) >= 11 is 0. The van der Waals surface area contributed by atoms with Crippen LogP contribution in [-0.2, 0) is 0 Å². The normalized spacial score (nSPS) is 15.6. The number of rotatable bonds is 8. The molecule has 1 saturated carbocycles. The summed E-state index contributed by atoms with van der Waals surface area (Å²) in [6.07, 6.45) is 2.07. The van der Waals surface area contributed by atoms with Gasteiger partial charge in [-0.3, -0.25) is 0 Å². The largest absolute Gasteiger partial charge is 0.493 e. The first-order valence-electron chi connectivity index (χ1n) is 7.21. The highest BCUT2D eigenvalue weighted by Gasteiger charge is 2.30. The van der Waals surface area contributed by atoms with E-state index < -0.39 is 0 Å². The zero-order chi connectivity index (χ0) is 15.2. The van der Waals surface area contributed by atoms with E-state index in [-0.39, 0.29) is 6.10 Å². The van der Waals surface area contributed by atoms with Crippen molar-refractivity contribution < 1.29 is 14.6 Å². The molecule has 1 aliphatic rings. The van der Waals surface area contributed by atoms with Crippen LogP contribution in [0.2, 0.25) is 0 Å². The standard InChI is InChI=1S/C16H22N2O3/c1-18(11-14(19)13-4-5-13)7-8-21-15-6-3-12(10-17)9-16(15)20-2/h3,6,9,13-14,19H,4-5,7-8,11H2,1-2H3. The third-order valence-electron chi connectivity index (χ3n) is 3.69. The van der Waals surface area contributed by atoms with Crippen molar-refractivity contribution in [2.24, 2.45) is 5.92 Å². The Bertz CT molecular complexity index is 509. The Kier molecular flexibility index (Phi) is 5.43. The molecule has 1 aromatic carbocycles. The van der Waals surface area contributed by atoms with Crippen LogP contribution in [0.3, 0.4) is 0 Å². The van der Waals surface area contributed by atoms with E-state index >= 15 is 0 Å². The molecule has 5 nitrogen and oxygen atoms in total. The summed E-state index contributed by atoms with van der Waals surface area (Å²) in [5.74, 6) is 1.69. The van der Waals surface area contributed by atoms with Crippen LogP contribution in [0.15, 0.2) is 18.2 Å². The molecule has 0 bridgehead atoms. The Hall–Kier alpha value is -1.77. The first kappa shape index (κ1) is 15.6. The highest BCUT2D eigenvalue weighted by Crippen LogP contribution is 2.32. The van der Waals surface area contributed by atoms with Crippen molar-refractivity contribution in [3.05, 3.63) is 23.8 Å². The lowest BCUT2D eigenvalue weighted by molar-refractivity contribution is 0.0995. The van der Waals surface area contributed by atoms with Gasteiger partial charge in [0.15, 0.2) is 11.5 Å². The molecular weight excluding hydrogens is 268 g/mol. The monoisotopic (exact) mass is 290 g/mol. The van der Waals surface area contributed by atoms with Crippen molar-refractivity contribution in [2.75, 3.05) is 33.9 Å². The van der Waals surface area contributed by atoms with E-state index in [9.17, 15) is 5.11 Å². The van der Waals surface area contributed by atoms with E-state index in [1.165, 1.54) is 0 Å². The minimum Gasteiger partial charge on any atom is -0.493 e. The molecule has 2 rings (SSSR count). The van der Waals surface area contributed by atoms with Crippen LogP contribution in [0.25, 0.3) is 0 Å². The van der Waals surface area contributed by atoms with Crippen molar-refractivity contribution in [1.29, 1.82) is 5.26 Å². The number of benzene rings is 1. The molecule has 21 heavy (non-hydrogen) atoms. The van der Waals surface area contributed by atoms with Crippen LogP contribution in [0.4, 0.5) is 0 Å². The predicted octanol–water partition coefficient (Wildman–Crippen LogP) is 1.65. The Balaban J connectivity index is 1.78. The topological polar surface area (TPSA) is 65.7 Å². The maximum atomic E-state index is 9.88. The van der Waals surface area contributed by atoms with Crippen LogP contribution in [0.1, 0.15) is 18.4 Å². The molecule has 0 aromatic heterocycles. The number of aliphatic hydroxyl groups excluding tert-OH is 1. The molecule has 114 valence electrons. The molecule has 0 amide bonds. The summed E-state index contributed by atoms with van der Waals surface area (Å²) in [5, 5.41) is 18.7. The summed E-state index contributed by atoms with van der Waals surface area (Å²) in [6, 6.07) is 7.19. The highest BCUT2D eigenvalue weighted by molar-refractivity contribution is 5.46. The Labute approximate surface area is 125 Å². The maximum absolute atomic E-state index is 9.88. The van der Waals surface area contributed by atoms with Crippen molar-refractivity contribution >= 4 is 0 Å². The summed E-state index contributed by atoms with van der Waals surface area (Å²) in [7, 11) is 3.53. The molecule has 0 spiro atoms. The number of likely N-dealkylation sites (N-methyl/N-ethyl adjacent to an activating group) is 1. The van der Waals surface area contributed by atoms with Crippen molar-refractivity contribution in [3.8, 4) is 17.6 Å². The molecule has 1 unspecified atom stereocenters. The first-order chi connectivity index (χ1) is 10.1. The van der Waals surface area contributed by atoms with Gasteiger partial charge >= 0.3 is 0 Å². The van der Waals surface area contributed by atoms with Crippen molar-refractivity contribution in [2.45, 2.75) is 18.9 Å². The fourth-order valence-corrected chi connectivity index (χ4v) is 2.21. The zero-order valence-electron chi connectivity index (χ0n) is 12.6. The number of nitrogens with zero attached hydrogens (tertiary/aromatic N) is 2. The molecule has 1 N–H and O–H groups in total. The van der Waals surface area contributed by atoms with Gasteiger partial charge in [0.25, 0.3) is 0 Å². The minimum atomic E-state index is -0.223. The zero-order valence-corrected chi connectivity index (χ0v) is 12.6. The quantitative estimate of drug-likeness (QED) is 0.788. The van der Waals surface area contributed by atoms with Gasteiger partial charge in [-0.2, -0.15) is 5.26 Å². The number of methoxy groups -OCH3 is 1. The van der Waals surface area contributed by atoms with Gasteiger partial charge in [0, 0.05) is 19.2 Å². The number of hydrogen-bond donors (Lipinski definition) is 1. The van der Waals surface area contributed by atoms with E-state index in [0.717, 1.165) is 19.4 Å². The molecule has 1 atom stereocenters. The van der Waals surface area contributed by atoms with Gasteiger partial charge in [-0.25, -0.2) is 0 Å². The van der Waals surface area contributed by atoms with Crippen LogP contribution in [0.5, 0.6) is 11.5 Å². The smallest absolute Gasteiger partial charge is 0.162 e. The third-order valence-corrected chi connectivity index (χ3v) is 3.69. The number of hydrogen-bond acceptors (Lipinski definition) is 5. The Morgan fingerprint density at radius 3 is 2.81 bits per heavy atom. The summed E-state index contributed by atoms with van der Waals surface area (Å²) < 4.78 is 10.9. The second-order valence-electron chi connectivity index (χ2n) is 5.49. The first-order valence-corrected chi connectivity index (χ1v) is 7.21. The summed E-state index contributed by atoms with van der Waals surface area (Å²) in [6.45, 7) is 1.92.